The molecule has 1 aromatic heterocycles. The first-order valence-electron chi connectivity index (χ1n) is 5.89. The Kier molecular flexibility index (Phi) is 3.59. The Bertz CT molecular complexity index is 523. The minimum atomic E-state index is 0.724. The Morgan fingerprint density at radius 1 is 1.29 bits per heavy atom. The van der Waals surface area contributed by atoms with Crippen LogP contribution in [-0.2, 0) is 6.42 Å². The summed E-state index contributed by atoms with van der Waals surface area (Å²) in [6.07, 6.45) is 2.01. The highest BCUT2D eigenvalue weighted by Gasteiger charge is 2.05. The molecule has 0 amide bonds. The normalized spacial score (nSPS) is 10.8. The number of hydrogen-bond acceptors (Lipinski definition) is 3. The van der Waals surface area contributed by atoms with Crippen molar-refractivity contribution in [1.82, 2.24) is 4.98 Å². The largest absolute Gasteiger partial charge is 0.496 e. The molecule has 0 aliphatic carbocycles. The summed E-state index contributed by atoms with van der Waals surface area (Å²) in [4.78, 5) is 4.50. The lowest BCUT2D eigenvalue weighted by atomic mass is 10.1. The average Bonchev–Trinajstić information content (AvgIpc) is 2.35. The molecule has 2 aromatic rings. The number of nitrogens with two attached hydrogens (primary N) is 1. The van der Waals surface area contributed by atoms with E-state index in [1.165, 1.54) is 5.56 Å². The van der Waals surface area contributed by atoms with E-state index in [4.69, 9.17) is 10.5 Å². The van der Waals surface area contributed by atoms with Gasteiger partial charge in [-0.15, -0.1) is 0 Å². The van der Waals surface area contributed by atoms with Crippen molar-refractivity contribution in [1.29, 1.82) is 0 Å². The quantitative estimate of drug-likeness (QED) is 0.877. The fourth-order valence-corrected chi connectivity index (χ4v) is 2.00. The van der Waals surface area contributed by atoms with Crippen molar-refractivity contribution in [3.8, 4) is 5.75 Å². The van der Waals surface area contributed by atoms with E-state index in [0.29, 0.717) is 0 Å². The highest BCUT2D eigenvalue weighted by atomic mass is 16.5. The lowest BCUT2D eigenvalue weighted by Gasteiger charge is -2.08. The molecular formula is C14H18N2O. The number of nitrogens with zero attached hydrogens (tertiary/aromatic N) is 1. The average molecular weight is 230 g/mol. The van der Waals surface area contributed by atoms with Crippen molar-refractivity contribution >= 4 is 10.9 Å². The number of aromatic nitrogens is 1. The summed E-state index contributed by atoms with van der Waals surface area (Å²) in [6, 6.07) is 8.28. The standard InChI is InChI=1S/C14H18N2O/c1-10-8-14(17-2)12-9-11(4-3-7-15)5-6-13(12)16-10/h5-6,8-9H,3-4,7,15H2,1-2H3. The third-order valence-electron chi connectivity index (χ3n) is 2.85. The van der Waals surface area contributed by atoms with Crippen LogP contribution in [0.2, 0.25) is 0 Å². The number of benzene rings is 1. The number of methoxy groups -OCH3 is 1. The number of fused-ring (bicyclic) bond motifs is 1. The number of rotatable bonds is 4. The van der Waals surface area contributed by atoms with E-state index in [1.54, 1.807) is 7.11 Å². The van der Waals surface area contributed by atoms with Gasteiger partial charge in [0.05, 0.1) is 12.6 Å². The smallest absolute Gasteiger partial charge is 0.130 e. The molecule has 90 valence electrons. The molecule has 0 fully saturated rings. The van der Waals surface area contributed by atoms with Crippen LogP contribution in [0.5, 0.6) is 5.75 Å². The van der Waals surface area contributed by atoms with Gasteiger partial charge in [-0.1, -0.05) is 6.07 Å². The van der Waals surface area contributed by atoms with Gasteiger partial charge in [0, 0.05) is 17.1 Å². The molecule has 1 aromatic carbocycles. The predicted molar refractivity (Wildman–Crippen MR) is 70.4 cm³/mol. The first-order chi connectivity index (χ1) is 8.24. The third kappa shape index (κ3) is 2.56. The maximum atomic E-state index is 5.53. The first-order valence-corrected chi connectivity index (χ1v) is 5.89. The molecule has 17 heavy (non-hydrogen) atoms. The summed E-state index contributed by atoms with van der Waals surface area (Å²) < 4.78 is 5.40. The number of hydrogen-bond donors (Lipinski definition) is 1. The van der Waals surface area contributed by atoms with E-state index < -0.39 is 0 Å². The van der Waals surface area contributed by atoms with Gasteiger partial charge in [0.25, 0.3) is 0 Å². The Balaban J connectivity index is 2.47. The van der Waals surface area contributed by atoms with Crippen LogP contribution >= 0.6 is 0 Å². The Morgan fingerprint density at radius 2 is 2.12 bits per heavy atom. The fraction of sp³-hybridized carbons (Fsp3) is 0.357. The molecule has 0 spiro atoms. The van der Waals surface area contributed by atoms with Crippen LogP contribution in [0.4, 0.5) is 0 Å². The zero-order valence-corrected chi connectivity index (χ0v) is 10.4. The summed E-state index contributed by atoms with van der Waals surface area (Å²) in [6.45, 7) is 2.70. The van der Waals surface area contributed by atoms with Gasteiger partial charge < -0.3 is 10.5 Å². The van der Waals surface area contributed by atoms with Crippen molar-refractivity contribution in [3.63, 3.8) is 0 Å². The number of ether oxygens (including phenoxy) is 1. The second-order valence-corrected chi connectivity index (χ2v) is 4.21. The van der Waals surface area contributed by atoms with Crippen LogP contribution < -0.4 is 10.5 Å². The Labute approximate surface area is 102 Å². The van der Waals surface area contributed by atoms with E-state index in [2.05, 4.69) is 23.2 Å². The minimum absolute atomic E-state index is 0.724. The maximum Gasteiger partial charge on any atom is 0.130 e. The van der Waals surface area contributed by atoms with E-state index in [1.807, 2.05) is 13.0 Å². The van der Waals surface area contributed by atoms with Crippen LogP contribution in [0, 0.1) is 6.92 Å². The molecule has 0 bridgehead atoms. The first kappa shape index (κ1) is 11.9. The maximum absolute atomic E-state index is 5.53. The molecule has 1 heterocycles. The van der Waals surface area contributed by atoms with Gasteiger partial charge in [0.15, 0.2) is 0 Å². The fourth-order valence-electron chi connectivity index (χ4n) is 2.00. The zero-order valence-electron chi connectivity index (χ0n) is 10.4. The van der Waals surface area contributed by atoms with Crippen molar-refractivity contribution in [3.05, 3.63) is 35.5 Å². The molecule has 2 rings (SSSR count). The SMILES string of the molecule is COc1cc(C)nc2ccc(CCCN)cc12. The Hall–Kier alpha value is -1.61. The molecule has 0 aliphatic rings. The molecular weight excluding hydrogens is 212 g/mol. The Morgan fingerprint density at radius 3 is 2.82 bits per heavy atom. The van der Waals surface area contributed by atoms with E-state index in [0.717, 1.165) is 41.7 Å². The molecule has 2 N–H and O–H groups in total. The van der Waals surface area contributed by atoms with Crippen LogP contribution in [0.1, 0.15) is 17.7 Å². The molecule has 0 radical (unpaired) electrons. The van der Waals surface area contributed by atoms with Gasteiger partial charge in [0.1, 0.15) is 5.75 Å². The van der Waals surface area contributed by atoms with E-state index >= 15 is 0 Å². The van der Waals surface area contributed by atoms with Gasteiger partial charge in [-0.25, -0.2) is 0 Å². The summed E-state index contributed by atoms with van der Waals surface area (Å²) in [5.74, 6) is 0.891. The molecule has 0 saturated heterocycles. The topological polar surface area (TPSA) is 48.1 Å². The second-order valence-electron chi connectivity index (χ2n) is 4.21. The van der Waals surface area contributed by atoms with Crippen LogP contribution in [0.25, 0.3) is 10.9 Å². The van der Waals surface area contributed by atoms with Crippen molar-refractivity contribution in [2.24, 2.45) is 5.73 Å². The van der Waals surface area contributed by atoms with Crippen LogP contribution in [0.15, 0.2) is 24.3 Å². The lowest BCUT2D eigenvalue weighted by molar-refractivity contribution is 0.419. The number of aryl methyl sites for hydroxylation is 2. The second kappa shape index (κ2) is 5.15. The molecule has 0 atom stereocenters. The van der Waals surface area contributed by atoms with E-state index in [-0.39, 0.29) is 0 Å². The van der Waals surface area contributed by atoms with Crippen molar-refractivity contribution in [2.75, 3.05) is 13.7 Å². The van der Waals surface area contributed by atoms with Crippen LogP contribution in [0.3, 0.4) is 0 Å². The molecule has 0 aliphatic heterocycles. The molecule has 3 nitrogen and oxygen atoms in total. The highest BCUT2D eigenvalue weighted by Crippen LogP contribution is 2.26. The van der Waals surface area contributed by atoms with Gasteiger partial charge >= 0.3 is 0 Å². The summed E-state index contributed by atoms with van der Waals surface area (Å²) in [5.41, 5.74) is 8.77. The van der Waals surface area contributed by atoms with Gasteiger partial charge in [-0.2, -0.15) is 0 Å². The number of pyridine rings is 1. The summed E-state index contributed by atoms with van der Waals surface area (Å²) in [5, 5.41) is 1.08. The minimum Gasteiger partial charge on any atom is -0.496 e. The van der Waals surface area contributed by atoms with Crippen LogP contribution in [-0.4, -0.2) is 18.6 Å². The lowest BCUT2D eigenvalue weighted by Crippen LogP contribution is -2.00. The molecule has 3 heteroatoms. The monoisotopic (exact) mass is 230 g/mol. The molecule has 0 saturated carbocycles. The zero-order chi connectivity index (χ0) is 12.3. The van der Waals surface area contributed by atoms with Crippen molar-refractivity contribution in [2.45, 2.75) is 19.8 Å². The summed E-state index contributed by atoms with van der Waals surface area (Å²) >= 11 is 0. The van der Waals surface area contributed by atoms with E-state index in [9.17, 15) is 0 Å². The van der Waals surface area contributed by atoms with Gasteiger partial charge in [-0.3, -0.25) is 4.98 Å². The van der Waals surface area contributed by atoms with Gasteiger partial charge in [0.2, 0.25) is 0 Å². The summed E-state index contributed by atoms with van der Waals surface area (Å²) in [7, 11) is 1.70. The third-order valence-corrected chi connectivity index (χ3v) is 2.85. The highest BCUT2D eigenvalue weighted by molar-refractivity contribution is 5.85. The van der Waals surface area contributed by atoms with Crippen molar-refractivity contribution < 1.29 is 4.74 Å². The predicted octanol–water partition coefficient (Wildman–Crippen LogP) is 2.44. The molecule has 0 unspecified atom stereocenters. The van der Waals surface area contributed by atoms with Gasteiger partial charge in [-0.05, 0) is 44.0 Å².